The first-order valence-corrected chi connectivity index (χ1v) is 10.4. The molecule has 0 spiro atoms. The van der Waals surface area contributed by atoms with Crippen molar-refractivity contribution in [1.29, 1.82) is 0 Å². The zero-order chi connectivity index (χ0) is 20.1. The lowest BCUT2D eigenvalue weighted by molar-refractivity contribution is -0.125. The number of nitrogens with one attached hydrogen (secondary N) is 3. The lowest BCUT2D eigenvalue weighted by atomic mass is 10.2. The number of benzene rings is 1. The number of aromatic amines is 1. The Morgan fingerprint density at radius 3 is 3.00 bits per heavy atom. The molecule has 4 rings (SSSR count). The van der Waals surface area contributed by atoms with Crippen molar-refractivity contribution in [3.8, 4) is 0 Å². The first-order chi connectivity index (χ1) is 14.2. The van der Waals surface area contributed by atoms with Crippen molar-refractivity contribution in [1.82, 2.24) is 25.8 Å². The molecule has 0 aliphatic carbocycles. The molecule has 1 aromatic carbocycles. The summed E-state index contributed by atoms with van der Waals surface area (Å²) in [6, 6.07) is 11.6. The molecular formula is C21H21N5O2S. The van der Waals surface area contributed by atoms with E-state index in [1.807, 2.05) is 36.4 Å². The summed E-state index contributed by atoms with van der Waals surface area (Å²) in [5.74, 6) is 0.588. The molecule has 2 amide bonds. The highest BCUT2D eigenvalue weighted by Gasteiger charge is 2.26. The average molecular weight is 407 g/mol. The quantitative estimate of drug-likeness (QED) is 0.413. The van der Waals surface area contributed by atoms with Gasteiger partial charge in [0.15, 0.2) is 0 Å². The average Bonchev–Trinajstić information content (AvgIpc) is 3.36. The smallest absolute Gasteiger partial charge is 0.242 e. The predicted octanol–water partition coefficient (Wildman–Crippen LogP) is 2.62. The second kappa shape index (κ2) is 8.91. The van der Waals surface area contributed by atoms with E-state index in [1.54, 1.807) is 18.0 Å². The molecular weight excluding hydrogens is 386 g/mol. The van der Waals surface area contributed by atoms with Crippen molar-refractivity contribution >= 4 is 46.6 Å². The summed E-state index contributed by atoms with van der Waals surface area (Å²) < 4.78 is 0. The van der Waals surface area contributed by atoms with E-state index in [-0.39, 0.29) is 17.9 Å². The highest BCUT2D eigenvalue weighted by atomic mass is 32.2. The molecule has 0 bridgehead atoms. The number of pyridine rings is 1. The molecule has 1 unspecified atom stereocenters. The van der Waals surface area contributed by atoms with Crippen LogP contribution in [-0.2, 0) is 9.59 Å². The topological polar surface area (TPSA) is 99.8 Å². The van der Waals surface area contributed by atoms with Gasteiger partial charge in [-0.1, -0.05) is 6.07 Å². The van der Waals surface area contributed by atoms with Gasteiger partial charge < -0.3 is 10.6 Å². The van der Waals surface area contributed by atoms with Gasteiger partial charge in [0.25, 0.3) is 0 Å². The third-order valence-corrected chi connectivity index (χ3v) is 5.64. The Bertz CT molecular complexity index is 1050. The predicted molar refractivity (Wildman–Crippen MR) is 114 cm³/mol. The van der Waals surface area contributed by atoms with E-state index in [4.69, 9.17) is 0 Å². The molecule has 3 heterocycles. The molecule has 3 N–H and O–H groups in total. The number of hydrogen-bond acceptors (Lipinski definition) is 5. The van der Waals surface area contributed by atoms with Gasteiger partial charge in [-0.25, -0.2) is 0 Å². The number of aromatic nitrogens is 3. The van der Waals surface area contributed by atoms with Gasteiger partial charge in [0.2, 0.25) is 11.8 Å². The van der Waals surface area contributed by atoms with Crippen LogP contribution in [0.5, 0.6) is 0 Å². The molecule has 1 saturated heterocycles. The van der Waals surface area contributed by atoms with Crippen LogP contribution in [0.4, 0.5) is 0 Å². The summed E-state index contributed by atoms with van der Waals surface area (Å²) in [5, 5.41) is 14.1. The fraction of sp³-hybridized carbons (Fsp3) is 0.238. The van der Waals surface area contributed by atoms with Crippen molar-refractivity contribution in [3.05, 3.63) is 54.0 Å². The third kappa shape index (κ3) is 4.83. The molecule has 1 fully saturated rings. The second-order valence-electron chi connectivity index (χ2n) is 6.70. The molecule has 0 radical (unpaired) electrons. The zero-order valence-corrected chi connectivity index (χ0v) is 16.5. The van der Waals surface area contributed by atoms with E-state index in [9.17, 15) is 9.59 Å². The largest absolute Gasteiger partial charge is 0.353 e. The van der Waals surface area contributed by atoms with Crippen LogP contribution in [-0.4, -0.2) is 45.3 Å². The van der Waals surface area contributed by atoms with Crippen molar-refractivity contribution in [3.63, 3.8) is 0 Å². The summed E-state index contributed by atoms with van der Waals surface area (Å²) in [6.07, 6.45) is 6.65. The maximum Gasteiger partial charge on any atom is 0.242 e. The minimum atomic E-state index is -0.383. The van der Waals surface area contributed by atoms with Crippen LogP contribution in [0.25, 0.3) is 23.1 Å². The molecule has 148 valence electrons. The number of rotatable bonds is 7. The van der Waals surface area contributed by atoms with E-state index in [0.717, 1.165) is 32.9 Å². The first-order valence-electron chi connectivity index (χ1n) is 9.46. The zero-order valence-electron chi connectivity index (χ0n) is 15.7. The molecule has 1 aliphatic heterocycles. The first kappa shape index (κ1) is 19.2. The van der Waals surface area contributed by atoms with Gasteiger partial charge in [0.05, 0.1) is 16.9 Å². The number of thioether (sulfide) groups is 1. The maximum atomic E-state index is 12.0. The summed E-state index contributed by atoms with van der Waals surface area (Å²) in [5.41, 5.74) is 2.72. The molecule has 1 aliphatic rings. The summed E-state index contributed by atoms with van der Waals surface area (Å²) in [6.45, 7) is 0.551. The summed E-state index contributed by atoms with van der Waals surface area (Å²) in [4.78, 5) is 28.5. The van der Waals surface area contributed by atoms with Crippen LogP contribution in [0.3, 0.4) is 0 Å². The van der Waals surface area contributed by atoms with Crippen LogP contribution in [0, 0.1) is 0 Å². The molecule has 2 aromatic heterocycles. The minimum absolute atomic E-state index is 0.0540. The van der Waals surface area contributed by atoms with Gasteiger partial charge in [0.1, 0.15) is 6.04 Å². The van der Waals surface area contributed by atoms with Gasteiger partial charge in [-0.2, -0.15) is 5.10 Å². The monoisotopic (exact) mass is 407 g/mol. The van der Waals surface area contributed by atoms with E-state index >= 15 is 0 Å². The van der Waals surface area contributed by atoms with Crippen molar-refractivity contribution in [2.75, 3.05) is 12.3 Å². The van der Waals surface area contributed by atoms with Crippen molar-refractivity contribution in [2.45, 2.75) is 23.8 Å². The number of amides is 2. The molecule has 1 atom stereocenters. The molecule has 3 aromatic rings. The van der Waals surface area contributed by atoms with Gasteiger partial charge >= 0.3 is 0 Å². The van der Waals surface area contributed by atoms with Gasteiger partial charge in [-0.05, 0) is 48.9 Å². The third-order valence-electron chi connectivity index (χ3n) is 4.65. The Morgan fingerprint density at radius 2 is 2.21 bits per heavy atom. The van der Waals surface area contributed by atoms with E-state index in [0.29, 0.717) is 19.4 Å². The molecule has 8 heteroatoms. The molecule has 7 nitrogen and oxygen atoms in total. The van der Waals surface area contributed by atoms with Gasteiger partial charge in [-0.3, -0.25) is 19.7 Å². The highest BCUT2D eigenvalue weighted by Crippen LogP contribution is 2.25. The lowest BCUT2D eigenvalue weighted by Gasteiger charge is -2.10. The van der Waals surface area contributed by atoms with Crippen LogP contribution in [0.1, 0.15) is 24.2 Å². The Kier molecular flexibility index (Phi) is 5.90. The Labute approximate surface area is 172 Å². The van der Waals surface area contributed by atoms with E-state index < -0.39 is 0 Å². The second-order valence-corrected chi connectivity index (χ2v) is 7.87. The Balaban J connectivity index is 1.31. The Morgan fingerprint density at radius 1 is 1.28 bits per heavy atom. The van der Waals surface area contributed by atoms with Crippen LogP contribution < -0.4 is 10.6 Å². The van der Waals surface area contributed by atoms with E-state index in [1.165, 1.54) is 0 Å². The maximum absolute atomic E-state index is 12.0. The standard InChI is InChI=1S/C21H21N5O2S/c27-20-9-8-18(24-20)21(28)23-11-12-29-15-5-6-16-17(25-26-19(16)13-15)7-4-14-3-1-2-10-22-14/h1-7,10,13,18H,8-9,11-12H2,(H,23,28)(H,24,27)(H,25,26)/b7-4+. The lowest BCUT2D eigenvalue weighted by Crippen LogP contribution is -2.42. The Hall–Kier alpha value is -3.13. The number of nitrogens with zero attached hydrogens (tertiary/aromatic N) is 2. The number of fused-ring (bicyclic) bond motifs is 1. The van der Waals surface area contributed by atoms with Gasteiger partial charge in [-0.15, -0.1) is 11.8 Å². The summed E-state index contributed by atoms with van der Waals surface area (Å²) >= 11 is 1.66. The SMILES string of the molecule is O=C1CCC(C(=O)NCCSc2ccc3c(/C=C/c4ccccn4)n[nH]c3c2)N1. The van der Waals surface area contributed by atoms with Crippen LogP contribution in [0.2, 0.25) is 0 Å². The highest BCUT2D eigenvalue weighted by molar-refractivity contribution is 7.99. The van der Waals surface area contributed by atoms with Crippen LogP contribution in [0.15, 0.2) is 47.5 Å². The van der Waals surface area contributed by atoms with Crippen molar-refractivity contribution in [2.24, 2.45) is 0 Å². The van der Waals surface area contributed by atoms with E-state index in [2.05, 4.69) is 37.9 Å². The van der Waals surface area contributed by atoms with Crippen molar-refractivity contribution < 1.29 is 9.59 Å². The molecule has 29 heavy (non-hydrogen) atoms. The van der Waals surface area contributed by atoms with Crippen LogP contribution >= 0.6 is 11.8 Å². The van der Waals surface area contributed by atoms with Gasteiger partial charge in [0, 0.05) is 35.2 Å². The number of hydrogen-bond donors (Lipinski definition) is 3. The normalized spacial score (nSPS) is 16.4. The fourth-order valence-corrected chi connectivity index (χ4v) is 3.96. The number of carbonyl (C=O) groups is 2. The summed E-state index contributed by atoms with van der Waals surface area (Å²) in [7, 11) is 0. The molecule has 0 saturated carbocycles. The minimum Gasteiger partial charge on any atom is -0.353 e. The number of H-pyrrole nitrogens is 1. The fourth-order valence-electron chi connectivity index (χ4n) is 3.15. The number of carbonyl (C=O) groups excluding carboxylic acids is 2.